The molecule has 0 saturated heterocycles. The average Bonchev–Trinajstić information content (AvgIpc) is 2.82. The van der Waals surface area contributed by atoms with Crippen LogP contribution in [0.25, 0.3) is 11.3 Å². The molecule has 3 nitrogen and oxygen atoms in total. The highest BCUT2D eigenvalue weighted by Gasteiger charge is 2.21. The monoisotopic (exact) mass is 454 g/mol. The number of benzene rings is 3. The molecule has 1 heterocycles. The second kappa shape index (κ2) is 10.6. The minimum atomic E-state index is 0.185. The maximum absolute atomic E-state index is 9.09. The van der Waals surface area contributed by atoms with Crippen LogP contribution in [0.1, 0.15) is 23.1 Å². The number of hydrogen-bond acceptors (Lipinski definition) is 4. The van der Waals surface area contributed by atoms with E-state index in [-0.39, 0.29) is 6.61 Å². The molecule has 3 aromatic rings. The van der Waals surface area contributed by atoms with Crippen molar-refractivity contribution in [1.82, 2.24) is 0 Å². The van der Waals surface area contributed by atoms with Crippen molar-refractivity contribution in [1.29, 1.82) is 0 Å². The Morgan fingerprint density at radius 1 is 1.06 bits per heavy atom. The molecule has 2 N–H and O–H groups in total. The van der Waals surface area contributed by atoms with Gasteiger partial charge in [-0.25, -0.2) is 0 Å². The number of fused-ring (bicyclic) bond motifs is 1. The van der Waals surface area contributed by atoms with E-state index < -0.39 is 0 Å². The van der Waals surface area contributed by atoms with E-state index in [4.69, 9.17) is 5.11 Å². The minimum Gasteiger partial charge on any atom is -0.396 e. The van der Waals surface area contributed by atoms with Gasteiger partial charge >= 0.3 is 0 Å². The predicted octanol–water partition coefficient (Wildman–Crippen LogP) is 6.97. The van der Waals surface area contributed by atoms with Gasteiger partial charge in [0.2, 0.25) is 0 Å². The molecule has 0 spiro atoms. The SMILES string of the molecule is C=C(/C=C1\C=C(c2ccccc2)N(C)c2ccc(C)cc21)Sc1ccccc1NCCCO. The third kappa shape index (κ3) is 5.41. The Morgan fingerprint density at radius 3 is 2.61 bits per heavy atom. The zero-order valence-corrected chi connectivity index (χ0v) is 20.0. The van der Waals surface area contributed by atoms with Gasteiger partial charge in [-0.05, 0) is 60.9 Å². The van der Waals surface area contributed by atoms with Crippen LogP contribution in [0.5, 0.6) is 0 Å². The summed E-state index contributed by atoms with van der Waals surface area (Å²) in [6.45, 7) is 7.43. The normalized spacial score (nSPS) is 14.1. The molecule has 0 bridgehead atoms. The van der Waals surface area contributed by atoms with Crippen LogP contribution in [0, 0.1) is 6.92 Å². The molecular formula is C29H30N2OS. The molecule has 168 valence electrons. The molecule has 33 heavy (non-hydrogen) atoms. The third-order valence-corrected chi connectivity index (χ3v) is 6.60. The number of aliphatic hydroxyl groups excluding tert-OH is 1. The Labute approximate surface area is 201 Å². The van der Waals surface area contributed by atoms with Crippen LogP contribution < -0.4 is 10.2 Å². The first kappa shape index (κ1) is 23.0. The molecule has 1 aliphatic heterocycles. The maximum Gasteiger partial charge on any atom is 0.0488 e. The fourth-order valence-corrected chi connectivity index (χ4v) is 4.84. The number of aryl methyl sites for hydroxylation is 1. The van der Waals surface area contributed by atoms with Crippen LogP contribution in [0.15, 0.2) is 101 Å². The van der Waals surface area contributed by atoms with E-state index in [0.717, 1.165) is 34.0 Å². The number of nitrogens with one attached hydrogen (secondary N) is 1. The third-order valence-electron chi connectivity index (χ3n) is 5.64. The van der Waals surface area contributed by atoms with Gasteiger partial charge in [-0.1, -0.05) is 72.4 Å². The lowest BCUT2D eigenvalue weighted by molar-refractivity contribution is 0.292. The molecule has 3 aromatic carbocycles. The van der Waals surface area contributed by atoms with Gasteiger partial charge in [-0.15, -0.1) is 0 Å². The Morgan fingerprint density at radius 2 is 1.82 bits per heavy atom. The van der Waals surface area contributed by atoms with Crippen molar-refractivity contribution in [3.63, 3.8) is 0 Å². The summed E-state index contributed by atoms with van der Waals surface area (Å²) in [5.41, 5.74) is 8.23. The van der Waals surface area contributed by atoms with E-state index in [1.54, 1.807) is 11.8 Å². The standard InChI is InChI=1S/C29H30N2OS/c1-21-14-15-27-25(18-21)24(20-28(31(27)3)23-10-5-4-6-11-23)19-22(2)33-29-13-8-7-12-26(29)30-16-9-17-32/h4-8,10-15,18-20,30,32H,2,9,16-17H2,1,3H3/b24-19+. The minimum absolute atomic E-state index is 0.185. The van der Waals surface area contributed by atoms with E-state index in [0.29, 0.717) is 0 Å². The van der Waals surface area contributed by atoms with Gasteiger partial charge in [0.25, 0.3) is 0 Å². The summed E-state index contributed by atoms with van der Waals surface area (Å²) < 4.78 is 0. The fourth-order valence-electron chi connectivity index (χ4n) is 3.98. The van der Waals surface area contributed by atoms with E-state index in [1.165, 1.54) is 28.1 Å². The quantitative estimate of drug-likeness (QED) is 0.285. The lowest BCUT2D eigenvalue weighted by atomic mass is 9.93. The predicted molar refractivity (Wildman–Crippen MR) is 144 cm³/mol. The summed E-state index contributed by atoms with van der Waals surface area (Å²) in [5, 5.41) is 12.5. The molecule has 4 rings (SSSR count). The summed E-state index contributed by atoms with van der Waals surface area (Å²) >= 11 is 1.66. The Balaban J connectivity index is 1.68. The van der Waals surface area contributed by atoms with Crippen LogP contribution in [-0.2, 0) is 0 Å². The number of nitrogens with zero attached hydrogens (tertiary/aromatic N) is 1. The first-order valence-corrected chi connectivity index (χ1v) is 12.0. The van der Waals surface area contributed by atoms with Gasteiger partial charge in [0.1, 0.15) is 0 Å². The highest BCUT2D eigenvalue weighted by Crippen LogP contribution is 2.41. The van der Waals surface area contributed by atoms with Gasteiger partial charge in [-0.2, -0.15) is 0 Å². The zero-order chi connectivity index (χ0) is 23.2. The van der Waals surface area contributed by atoms with Gasteiger partial charge in [0.15, 0.2) is 0 Å². The van der Waals surface area contributed by atoms with E-state index in [2.05, 4.69) is 97.5 Å². The number of hydrogen-bond donors (Lipinski definition) is 2. The Hall–Kier alpha value is -3.21. The number of para-hydroxylation sites is 1. The number of allylic oxidation sites excluding steroid dienone is 3. The molecule has 0 amide bonds. The molecule has 0 atom stereocenters. The molecule has 1 aliphatic rings. The maximum atomic E-state index is 9.09. The fraction of sp³-hybridized carbons (Fsp3) is 0.172. The van der Waals surface area contributed by atoms with Crippen molar-refractivity contribution in [2.24, 2.45) is 0 Å². The van der Waals surface area contributed by atoms with Crippen molar-refractivity contribution in [3.8, 4) is 0 Å². The molecule has 4 heteroatoms. The van der Waals surface area contributed by atoms with Gasteiger partial charge in [-0.3, -0.25) is 0 Å². The zero-order valence-electron chi connectivity index (χ0n) is 19.2. The van der Waals surface area contributed by atoms with Crippen molar-refractivity contribution < 1.29 is 5.11 Å². The van der Waals surface area contributed by atoms with Gasteiger partial charge < -0.3 is 15.3 Å². The number of anilines is 2. The first-order valence-electron chi connectivity index (χ1n) is 11.2. The summed E-state index contributed by atoms with van der Waals surface area (Å²) in [6, 6.07) is 25.4. The highest BCUT2D eigenvalue weighted by molar-refractivity contribution is 8.03. The topological polar surface area (TPSA) is 35.5 Å². The molecule has 0 saturated carbocycles. The van der Waals surface area contributed by atoms with Crippen LogP contribution in [0.2, 0.25) is 0 Å². The van der Waals surface area contributed by atoms with Crippen LogP contribution >= 0.6 is 11.8 Å². The van der Waals surface area contributed by atoms with E-state index in [9.17, 15) is 0 Å². The van der Waals surface area contributed by atoms with E-state index in [1.807, 2.05) is 18.2 Å². The Kier molecular flexibility index (Phi) is 7.38. The van der Waals surface area contributed by atoms with Crippen LogP contribution in [0.4, 0.5) is 11.4 Å². The summed E-state index contributed by atoms with van der Waals surface area (Å²) in [5.74, 6) is 0. The van der Waals surface area contributed by atoms with Crippen molar-refractivity contribution in [3.05, 3.63) is 113 Å². The highest BCUT2D eigenvalue weighted by atomic mass is 32.2. The lowest BCUT2D eigenvalue weighted by Gasteiger charge is -2.31. The summed E-state index contributed by atoms with van der Waals surface area (Å²) in [6.07, 6.45) is 5.17. The first-order chi connectivity index (χ1) is 16.1. The van der Waals surface area contributed by atoms with Gasteiger partial charge in [0, 0.05) is 52.6 Å². The smallest absolute Gasteiger partial charge is 0.0488 e. The van der Waals surface area contributed by atoms with Crippen LogP contribution in [0.3, 0.4) is 0 Å². The second-order valence-corrected chi connectivity index (χ2v) is 9.31. The Bertz CT molecular complexity index is 1200. The van der Waals surface area contributed by atoms with Crippen molar-refractivity contribution >= 4 is 34.4 Å². The summed E-state index contributed by atoms with van der Waals surface area (Å²) in [7, 11) is 2.13. The molecule has 0 aromatic heterocycles. The van der Waals surface area contributed by atoms with E-state index >= 15 is 0 Å². The number of aliphatic hydroxyl groups is 1. The molecule has 0 unspecified atom stereocenters. The van der Waals surface area contributed by atoms with Crippen molar-refractivity contribution in [2.75, 3.05) is 30.4 Å². The lowest BCUT2D eigenvalue weighted by Crippen LogP contribution is -2.20. The largest absolute Gasteiger partial charge is 0.396 e. The molecule has 0 fully saturated rings. The number of rotatable bonds is 8. The average molecular weight is 455 g/mol. The second-order valence-electron chi connectivity index (χ2n) is 8.14. The van der Waals surface area contributed by atoms with Crippen molar-refractivity contribution in [2.45, 2.75) is 18.2 Å². The molecule has 0 radical (unpaired) electrons. The summed E-state index contributed by atoms with van der Waals surface area (Å²) in [4.78, 5) is 4.36. The van der Waals surface area contributed by atoms with Gasteiger partial charge in [0.05, 0.1) is 0 Å². The number of thioether (sulfide) groups is 1. The molecular weight excluding hydrogens is 424 g/mol. The van der Waals surface area contributed by atoms with Crippen LogP contribution in [-0.4, -0.2) is 25.3 Å². The molecule has 0 aliphatic carbocycles.